The molecule has 0 aliphatic rings. The lowest BCUT2D eigenvalue weighted by molar-refractivity contribution is 0.559. The molecule has 0 aliphatic heterocycles. The number of hydrogen-bond acceptors (Lipinski definition) is 2. The summed E-state index contributed by atoms with van der Waals surface area (Å²) in [4.78, 5) is 0. The molecule has 0 aromatic rings. The molecular formula is BrO2P. The van der Waals surface area contributed by atoms with Crippen molar-refractivity contribution in [3.8, 4) is 0 Å². The molecule has 0 aromatic carbocycles. The Morgan fingerprint density at radius 2 is 2.25 bits per heavy atom. The molecule has 0 saturated carbocycles. The zero-order chi connectivity index (χ0) is 3.41. The van der Waals surface area contributed by atoms with E-state index in [9.17, 15) is 0 Å². The summed E-state index contributed by atoms with van der Waals surface area (Å²) in [6.45, 7) is 0. The van der Waals surface area contributed by atoms with Crippen LogP contribution in [0.4, 0.5) is 0 Å². The third kappa shape index (κ3) is 2.54. The molecule has 0 N–H and O–H groups in total. The van der Waals surface area contributed by atoms with E-state index in [-0.39, 0.29) is 8.69 Å². The largest absolute Gasteiger partial charge is 0.339 e. The maximum Gasteiger partial charge on any atom is 0.339 e. The highest BCUT2D eigenvalue weighted by Crippen LogP contribution is 1.97. The Morgan fingerprint density at radius 3 is 2.25 bits per heavy atom. The van der Waals surface area contributed by atoms with Crippen LogP contribution in [0.5, 0.6) is 0 Å². The van der Waals surface area contributed by atoms with Crippen LogP contribution in [0.1, 0.15) is 0 Å². The van der Waals surface area contributed by atoms with Gasteiger partial charge in [-0.05, 0) is 0 Å². The van der Waals surface area contributed by atoms with Gasteiger partial charge in [0.1, 0.15) is 16.3 Å². The first-order valence-electron chi connectivity index (χ1n) is 0.519. The van der Waals surface area contributed by atoms with Crippen LogP contribution in [0.25, 0.3) is 0 Å². The first-order valence-corrected chi connectivity index (χ1v) is 1.90. The van der Waals surface area contributed by atoms with E-state index in [1.807, 2.05) is 0 Å². The van der Waals surface area contributed by atoms with Gasteiger partial charge in [-0.2, -0.15) is 0 Å². The lowest BCUT2D eigenvalue weighted by Crippen LogP contribution is -1.19. The molecule has 0 radical (unpaired) electrons. The van der Waals surface area contributed by atoms with Crippen LogP contribution in [-0.4, -0.2) is 0 Å². The molecule has 0 bridgehead atoms. The van der Waals surface area contributed by atoms with E-state index in [0.717, 1.165) is 0 Å². The van der Waals surface area contributed by atoms with Gasteiger partial charge in [0.25, 0.3) is 0 Å². The van der Waals surface area contributed by atoms with Crippen molar-refractivity contribution in [2.45, 2.75) is 0 Å². The van der Waals surface area contributed by atoms with Crippen molar-refractivity contribution in [2.75, 3.05) is 0 Å². The highest BCUT2D eigenvalue weighted by molar-refractivity contribution is 9.06. The van der Waals surface area contributed by atoms with Gasteiger partial charge >= 0.3 is 8.69 Å². The molecule has 2 nitrogen and oxygen atoms in total. The molecule has 0 fully saturated rings. The molecule has 0 aromatic heterocycles. The Hall–Kier alpha value is 0.540. The predicted molar refractivity (Wildman–Crippen MR) is 17.6 cm³/mol. The molecule has 0 saturated heterocycles. The molecule has 0 amide bonds. The van der Waals surface area contributed by atoms with E-state index in [4.69, 9.17) is 4.57 Å². The van der Waals surface area contributed by atoms with Gasteiger partial charge in [0.2, 0.25) is 0 Å². The fourth-order valence-electron chi connectivity index (χ4n) is 0. The second-order valence-electron chi connectivity index (χ2n) is 0.144. The molecule has 0 unspecified atom stereocenters. The van der Waals surface area contributed by atoms with Crippen molar-refractivity contribution < 1.29 is 8.18 Å². The zero-order valence-electron chi connectivity index (χ0n) is 1.64. The van der Waals surface area contributed by atoms with Gasteiger partial charge in [-0.1, -0.05) is 0 Å². The quantitative estimate of drug-likeness (QED) is 0.520. The third-order valence-electron chi connectivity index (χ3n) is 0.0282. The topological polar surface area (TPSA) is 26.3 Å². The Labute approximate surface area is 33.9 Å². The molecule has 4 heavy (non-hydrogen) atoms. The van der Waals surface area contributed by atoms with E-state index in [1.54, 1.807) is 0 Å². The van der Waals surface area contributed by atoms with Crippen molar-refractivity contribution in [2.24, 2.45) is 0 Å². The monoisotopic (exact) mass is 142 g/mol. The number of halogens is 1. The van der Waals surface area contributed by atoms with Crippen LogP contribution in [0.3, 0.4) is 0 Å². The summed E-state index contributed by atoms with van der Waals surface area (Å²) in [5.41, 5.74) is 0. The smallest absolute Gasteiger partial charge is 0.239 e. The summed E-state index contributed by atoms with van der Waals surface area (Å²) in [5.74, 6) is 0. The molecule has 0 atom stereocenters. The summed E-state index contributed by atoms with van der Waals surface area (Å²) < 4.78 is 12.8. The molecule has 0 rings (SSSR count). The van der Waals surface area contributed by atoms with Gasteiger partial charge in [0.15, 0.2) is 0 Å². The Morgan fingerprint density at radius 1 is 2.00 bits per heavy atom. The fraction of sp³-hybridized carbons (Fsp3) is 0. The first kappa shape index (κ1) is 4.54. The van der Waals surface area contributed by atoms with Gasteiger partial charge in [0, 0.05) is 0 Å². The maximum atomic E-state index is 9.00. The van der Waals surface area contributed by atoms with Crippen LogP contribution in [0.2, 0.25) is 0 Å². The summed E-state index contributed by atoms with van der Waals surface area (Å²) in [5, 5.41) is 0. The molecule has 24 valence electrons. The molecule has 0 heterocycles. The maximum absolute atomic E-state index is 9.00. The second-order valence-corrected chi connectivity index (χ2v) is 1.30. The van der Waals surface area contributed by atoms with E-state index in [1.165, 1.54) is 0 Å². The van der Waals surface area contributed by atoms with Crippen LogP contribution >= 0.6 is 24.9 Å². The van der Waals surface area contributed by atoms with Crippen molar-refractivity contribution in [3.05, 3.63) is 0 Å². The Bertz CT molecular complexity index is 20.0. The first-order chi connectivity index (χ1) is 1.91. The zero-order valence-corrected chi connectivity index (χ0v) is 4.12. The standard InChI is InChI=1S/BrO2P/c1-3-4-2. The number of rotatable bonds is 1. The van der Waals surface area contributed by atoms with Crippen molar-refractivity contribution >= 4 is 24.9 Å². The van der Waals surface area contributed by atoms with E-state index in [0.29, 0.717) is 0 Å². The lowest BCUT2D eigenvalue weighted by Gasteiger charge is -1.51. The molecule has 0 spiro atoms. The number of hydrogen-bond donors (Lipinski definition) is 0. The summed E-state index contributed by atoms with van der Waals surface area (Å²) in [6.07, 6.45) is 0. The third-order valence-corrected chi connectivity index (χ3v) is 0.439. The summed E-state index contributed by atoms with van der Waals surface area (Å²) in [7, 11) is -0.335. The van der Waals surface area contributed by atoms with Crippen LogP contribution in [0.15, 0.2) is 0 Å². The van der Waals surface area contributed by atoms with Gasteiger partial charge in [-0.25, -0.2) is 8.18 Å². The van der Waals surface area contributed by atoms with E-state index < -0.39 is 0 Å². The predicted octanol–water partition coefficient (Wildman–Crippen LogP) is 1.52. The van der Waals surface area contributed by atoms with E-state index >= 15 is 0 Å². The van der Waals surface area contributed by atoms with Gasteiger partial charge in [-0.15, -0.1) is 0 Å². The minimum Gasteiger partial charge on any atom is -0.239 e. The fourth-order valence-corrected chi connectivity index (χ4v) is 0. The van der Waals surface area contributed by atoms with Crippen LogP contribution < -0.4 is 0 Å². The Balaban J connectivity index is 2.30. The molecular weight excluding hydrogens is 143 g/mol. The summed E-state index contributed by atoms with van der Waals surface area (Å²) in [6, 6.07) is 0. The van der Waals surface area contributed by atoms with Crippen molar-refractivity contribution in [1.82, 2.24) is 0 Å². The van der Waals surface area contributed by atoms with Crippen molar-refractivity contribution in [3.63, 3.8) is 0 Å². The van der Waals surface area contributed by atoms with Gasteiger partial charge in [-0.3, -0.25) is 0 Å². The average molecular weight is 143 g/mol. The van der Waals surface area contributed by atoms with Crippen molar-refractivity contribution in [1.29, 1.82) is 0 Å². The van der Waals surface area contributed by atoms with Crippen LogP contribution in [-0.2, 0) is 8.18 Å². The normalized spacial score (nSPS) is 8.25. The SMILES string of the molecule is O=POBr. The Kier molecular flexibility index (Phi) is 4.02. The minimum absolute atomic E-state index is 0.335. The highest BCUT2D eigenvalue weighted by Gasteiger charge is 1.55. The van der Waals surface area contributed by atoms with Crippen LogP contribution in [0, 0.1) is 0 Å². The average Bonchev–Trinajstić information content (AvgIpc) is 1.37. The molecule has 0 aliphatic carbocycles. The van der Waals surface area contributed by atoms with Gasteiger partial charge in [0.05, 0.1) is 0 Å². The summed E-state index contributed by atoms with van der Waals surface area (Å²) >= 11 is 2.42. The van der Waals surface area contributed by atoms with E-state index in [2.05, 4.69) is 19.9 Å². The molecule has 4 heteroatoms. The highest BCUT2D eigenvalue weighted by atomic mass is 79.9. The lowest BCUT2D eigenvalue weighted by atomic mass is 15.9. The van der Waals surface area contributed by atoms with Gasteiger partial charge < -0.3 is 0 Å². The second kappa shape index (κ2) is 3.54. The minimum atomic E-state index is -0.335.